The number of carbonyl (C=O) groups excluding carboxylic acids is 1. The van der Waals surface area contributed by atoms with Crippen LogP contribution >= 0.6 is 15.9 Å². The van der Waals surface area contributed by atoms with Crippen LogP contribution < -0.4 is 0 Å². The minimum absolute atomic E-state index is 0.703. The zero-order chi connectivity index (χ0) is 4.12. The Bertz CT molecular complexity index is 48.9. The topological polar surface area (TPSA) is 17.1 Å². The molecule has 2 heteroatoms. The lowest BCUT2D eigenvalue weighted by Gasteiger charge is -1.49. The van der Waals surface area contributed by atoms with Crippen LogP contribution in [-0.2, 0) is 4.79 Å². The maximum Gasteiger partial charge on any atom is 0.143 e. The first-order chi connectivity index (χ1) is 2.41. The van der Waals surface area contributed by atoms with Gasteiger partial charge in [-0.1, -0.05) is 15.9 Å². The number of aldehydes is 1. The van der Waals surface area contributed by atoms with Gasteiger partial charge in [0.25, 0.3) is 0 Å². The average molecular weight is 135 g/mol. The van der Waals surface area contributed by atoms with Gasteiger partial charge in [0.15, 0.2) is 0 Å². The Morgan fingerprint density at radius 3 is 2.20 bits per heavy atom. The van der Waals surface area contributed by atoms with Crippen LogP contribution in [0.3, 0.4) is 0 Å². The highest BCUT2D eigenvalue weighted by molar-refractivity contribution is 9.11. The fourth-order valence-corrected chi connectivity index (χ4v) is 0.154. The molecule has 0 aliphatic rings. The molecule has 1 nitrogen and oxygen atoms in total. The number of carbonyl (C=O) groups is 1. The number of allylic oxidation sites excluding steroid dienone is 1. The lowest BCUT2D eigenvalue weighted by atomic mass is 10.8. The molecular formula is C3H3BrO. The van der Waals surface area contributed by atoms with Gasteiger partial charge in [-0.2, -0.15) is 0 Å². The van der Waals surface area contributed by atoms with Crippen molar-refractivity contribution in [2.24, 2.45) is 0 Å². The summed E-state index contributed by atoms with van der Waals surface area (Å²) >= 11 is 2.90. The largest absolute Gasteiger partial charge is 0.299 e. The van der Waals surface area contributed by atoms with Gasteiger partial charge in [0.1, 0.15) is 6.29 Å². The van der Waals surface area contributed by atoms with E-state index in [9.17, 15) is 4.79 Å². The number of rotatable bonds is 1. The summed E-state index contributed by atoms with van der Waals surface area (Å²) in [4.78, 5) is 10.8. The maximum absolute atomic E-state index is 9.29. The van der Waals surface area contributed by atoms with E-state index >= 15 is 0 Å². The van der Waals surface area contributed by atoms with Crippen LogP contribution in [0.5, 0.6) is 0 Å². The van der Waals surface area contributed by atoms with E-state index < -0.39 is 0 Å². The Balaban J connectivity index is 2.92. The highest BCUT2D eigenvalue weighted by Crippen LogP contribution is 1.75. The van der Waals surface area contributed by atoms with Gasteiger partial charge in [0.05, 0.1) is 0 Å². The highest BCUT2D eigenvalue weighted by Gasteiger charge is 1.50. The fraction of sp³-hybridized carbons (Fsp3) is 0. The number of hydrogen-bond acceptors (Lipinski definition) is 1. The molecular weight excluding hydrogens is 132 g/mol. The molecule has 0 fully saturated rings. The van der Waals surface area contributed by atoms with Crippen LogP contribution in [0, 0.1) is 0 Å². The number of hydrogen-bond donors (Lipinski definition) is 0. The SMILES string of the molecule is O=CC=CBr. The summed E-state index contributed by atoms with van der Waals surface area (Å²) in [5.74, 6) is 0. The summed E-state index contributed by atoms with van der Waals surface area (Å²) in [6.07, 6.45) is 2.06. The molecule has 0 spiro atoms. The standard InChI is InChI=1S/C3H3BrO/c4-2-1-3-5/h1-3H. The first kappa shape index (κ1) is 4.89. The molecule has 0 rings (SSSR count). The lowest BCUT2D eigenvalue weighted by molar-refractivity contribution is -0.104. The molecule has 28 valence electrons. The third kappa shape index (κ3) is 3.89. The lowest BCUT2D eigenvalue weighted by Crippen LogP contribution is -1.48. The summed E-state index contributed by atoms with van der Waals surface area (Å²) < 4.78 is 0. The molecule has 0 aromatic carbocycles. The van der Waals surface area contributed by atoms with Crippen LogP contribution in [-0.4, -0.2) is 6.29 Å². The van der Waals surface area contributed by atoms with Gasteiger partial charge in [-0.25, -0.2) is 0 Å². The van der Waals surface area contributed by atoms with Gasteiger partial charge in [0.2, 0.25) is 0 Å². The molecule has 0 amide bonds. The van der Waals surface area contributed by atoms with Crippen molar-refractivity contribution in [3.8, 4) is 0 Å². The van der Waals surface area contributed by atoms with Crippen molar-refractivity contribution < 1.29 is 4.79 Å². The second kappa shape index (κ2) is 3.89. The Morgan fingerprint density at radius 1 is 1.60 bits per heavy atom. The molecule has 0 aliphatic carbocycles. The van der Waals surface area contributed by atoms with E-state index in [1.54, 1.807) is 0 Å². The van der Waals surface area contributed by atoms with Crippen molar-refractivity contribution >= 4 is 22.2 Å². The van der Waals surface area contributed by atoms with Gasteiger partial charge >= 0.3 is 0 Å². The maximum atomic E-state index is 9.29. The molecule has 0 atom stereocenters. The fourth-order valence-electron chi connectivity index (χ4n) is 0.0297. The molecule has 0 bridgehead atoms. The smallest absolute Gasteiger partial charge is 0.143 e. The van der Waals surface area contributed by atoms with Gasteiger partial charge in [-0.3, -0.25) is 4.79 Å². The molecule has 0 saturated carbocycles. The van der Waals surface area contributed by atoms with Gasteiger partial charge in [-0.15, -0.1) is 0 Å². The Hall–Kier alpha value is -0.110. The van der Waals surface area contributed by atoms with E-state index in [4.69, 9.17) is 0 Å². The second-order valence-electron chi connectivity index (χ2n) is 0.455. The van der Waals surface area contributed by atoms with Gasteiger partial charge in [-0.05, 0) is 11.1 Å². The quantitative estimate of drug-likeness (QED) is 0.388. The zero-order valence-electron chi connectivity index (χ0n) is 2.52. The monoisotopic (exact) mass is 134 g/mol. The third-order valence-corrected chi connectivity index (χ3v) is 0.457. The highest BCUT2D eigenvalue weighted by atomic mass is 79.9. The van der Waals surface area contributed by atoms with Crippen molar-refractivity contribution in [2.75, 3.05) is 0 Å². The summed E-state index contributed by atoms with van der Waals surface area (Å²) in [6, 6.07) is 0. The van der Waals surface area contributed by atoms with Gasteiger partial charge < -0.3 is 0 Å². The summed E-state index contributed by atoms with van der Waals surface area (Å²) in [7, 11) is 0. The van der Waals surface area contributed by atoms with Crippen LogP contribution in [0.15, 0.2) is 11.1 Å². The zero-order valence-corrected chi connectivity index (χ0v) is 4.10. The molecule has 0 aromatic rings. The van der Waals surface area contributed by atoms with Crippen molar-refractivity contribution in [3.63, 3.8) is 0 Å². The summed E-state index contributed by atoms with van der Waals surface area (Å²) in [6.45, 7) is 0. The summed E-state index contributed by atoms with van der Waals surface area (Å²) in [5.41, 5.74) is 0. The Morgan fingerprint density at radius 2 is 2.20 bits per heavy atom. The molecule has 5 heavy (non-hydrogen) atoms. The van der Waals surface area contributed by atoms with Crippen molar-refractivity contribution in [1.82, 2.24) is 0 Å². The van der Waals surface area contributed by atoms with E-state index in [1.165, 1.54) is 11.1 Å². The van der Waals surface area contributed by atoms with Crippen LogP contribution in [0.1, 0.15) is 0 Å². The van der Waals surface area contributed by atoms with Crippen LogP contribution in [0.4, 0.5) is 0 Å². The predicted octanol–water partition coefficient (Wildman–Crippen LogP) is 1.09. The average Bonchev–Trinajstić information content (AvgIpc) is 1.41. The van der Waals surface area contributed by atoms with Crippen LogP contribution in [0.25, 0.3) is 0 Å². The first-order valence-electron chi connectivity index (χ1n) is 1.12. The van der Waals surface area contributed by atoms with Crippen molar-refractivity contribution in [2.45, 2.75) is 0 Å². The van der Waals surface area contributed by atoms with Gasteiger partial charge in [0, 0.05) is 0 Å². The summed E-state index contributed by atoms with van der Waals surface area (Å²) in [5, 5.41) is 0. The molecule has 0 radical (unpaired) electrons. The predicted molar refractivity (Wildman–Crippen MR) is 24.1 cm³/mol. The Labute approximate surface area is 38.8 Å². The normalized spacial score (nSPS) is 9.00. The van der Waals surface area contributed by atoms with Crippen LogP contribution in [0.2, 0.25) is 0 Å². The molecule has 0 aliphatic heterocycles. The second-order valence-corrected chi connectivity index (χ2v) is 0.983. The molecule has 0 N–H and O–H groups in total. The molecule has 0 saturated heterocycles. The molecule has 0 aromatic heterocycles. The third-order valence-electron chi connectivity index (χ3n) is 0.151. The minimum atomic E-state index is 0.703. The molecule has 0 unspecified atom stereocenters. The van der Waals surface area contributed by atoms with Crippen molar-refractivity contribution in [3.05, 3.63) is 11.1 Å². The van der Waals surface area contributed by atoms with E-state index in [-0.39, 0.29) is 0 Å². The van der Waals surface area contributed by atoms with Crippen molar-refractivity contribution in [1.29, 1.82) is 0 Å². The van der Waals surface area contributed by atoms with E-state index in [0.29, 0.717) is 6.29 Å². The first-order valence-corrected chi connectivity index (χ1v) is 2.04. The molecule has 0 heterocycles. The van der Waals surface area contributed by atoms with E-state index in [0.717, 1.165) is 0 Å². The van der Waals surface area contributed by atoms with E-state index in [2.05, 4.69) is 15.9 Å². The van der Waals surface area contributed by atoms with E-state index in [1.807, 2.05) is 0 Å². The Kier molecular flexibility index (Phi) is 3.80. The minimum Gasteiger partial charge on any atom is -0.299 e. The number of halogens is 1.